The predicted octanol–water partition coefficient (Wildman–Crippen LogP) is -1.77. The Labute approximate surface area is 177 Å². The van der Waals surface area contributed by atoms with Crippen molar-refractivity contribution in [1.29, 1.82) is 0 Å². The van der Waals surface area contributed by atoms with Crippen molar-refractivity contribution in [1.82, 2.24) is 9.55 Å². The number of aromatic amines is 1. The first-order valence-corrected chi connectivity index (χ1v) is 12.8. The maximum atomic E-state index is 12.1. The second-order valence-electron chi connectivity index (χ2n) is 6.25. The first-order valence-electron chi connectivity index (χ1n) is 8.30. The number of ether oxygens (including phenoxy) is 1. The molecule has 0 spiro atoms. The van der Waals surface area contributed by atoms with Gasteiger partial charge >= 0.3 is 29.2 Å². The molecular formula is C12H19N2O15P3. The van der Waals surface area contributed by atoms with E-state index in [2.05, 4.69) is 19.7 Å². The molecule has 2 rings (SSSR count). The lowest BCUT2D eigenvalue weighted by molar-refractivity contribution is -0.0228. The molecular weight excluding hydrogens is 505 g/mol. The largest absolute Gasteiger partial charge is 0.490 e. The molecule has 0 aliphatic carbocycles. The number of aromatic nitrogens is 2. The van der Waals surface area contributed by atoms with Crippen LogP contribution in [-0.2, 0) is 38.1 Å². The monoisotopic (exact) mass is 524 g/mol. The van der Waals surface area contributed by atoms with Crippen LogP contribution in [0.3, 0.4) is 0 Å². The summed E-state index contributed by atoms with van der Waals surface area (Å²) in [6, 6.07) is 0. The van der Waals surface area contributed by atoms with Gasteiger partial charge in [0.2, 0.25) is 0 Å². The molecule has 6 atom stereocenters. The number of allylic oxidation sites excluding steroid dienone is 1. The maximum Gasteiger partial charge on any atom is 0.490 e. The zero-order valence-electron chi connectivity index (χ0n) is 15.7. The van der Waals surface area contributed by atoms with Crippen LogP contribution in [0.1, 0.15) is 11.7 Å². The lowest BCUT2D eigenvalue weighted by Crippen LogP contribution is -2.36. The summed E-state index contributed by atoms with van der Waals surface area (Å²) in [7, 11) is -16.8. The summed E-state index contributed by atoms with van der Waals surface area (Å²) >= 11 is 0. The Hall–Kier alpha value is -1.29. The molecule has 7 N–H and O–H groups in total. The number of phosphoric ester groups is 1. The number of aliphatic hydroxyl groups is 2. The number of phosphoric acid groups is 3. The van der Waals surface area contributed by atoms with Crippen LogP contribution in [-0.4, -0.2) is 64.3 Å². The van der Waals surface area contributed by atoms with Gasteiger partial charge in [-0.15, -0.1) is 6.58 Å². The number of nitrogens with zero attached hydrogens (tertiary/aromatic N) is 1. The van der Waals surface area contributed by atoms with Gasteiger partial charge in [0.1, 0.15) is 24.4 Å². The summed E-state index contributed by atoms with van der Waals surface area (Å²) in [5.41, 5.74) is -2.00. The Morgan fingerprint density at radius 1 is 1.09 bits per heavy atom. The Bertz CT molecular complexity index is 1110. The molecule has 2 heterocycles. The van der Waals surface area contributed by atoms with Crippen LogP contribution in [0.4, 0.5) is 0 Å². The fourth-order valence-electron chi connectivity index (χ4n) is 2.62. The van der Waals surface area contributed by atoms with Gasteiger partial charge in [-0.1, -0.05) is 6.08 Å². The van der Waals surface area contributed by atoms with Crippen molar-refractivity contribution in [3.63, 3.8) is 0 Å². The SMILES string of the molecule is C=CCn1cc([C@@H]2O[C@H](COP(=O)(O)OP(=O)(O)OP(=O)(O)O)[C@@H](O)[C@H]2O)c(=O)[nH]c1=O. The van der Waals surface area contributed by atoms with E-state index >= 15 is 0 Å². The molecule has 2 unspecified atom stereocenters. The number of nitrogens with one attached hydrogen (secondary N) is 1. The van der Waals surface area contributed by atoms with Gasteiger partial charge in [0.05, 0.1) is 12.2 Å². The van der Waals surface area contributed by atoms with E-state index in [-0.39, 0.29) is 12.1 Å². The average molecular weight is 524 g/mol. The van der Waals surface area contributed by atoms with Gasteiger partial charge in [-0.25, -0.2) is 18.5 Å². The molecule has 1 aromatic heterocycles. The highest BCUT2D eigenvalue weighted by molar-refractivity contribution is 7.66. The molecule has 0 aromatic carbocycles. The van der Waals surface area contributed by atoms with E-state index in [9.17, 15) is 38.4 Å². The number of hydrogen-bond donors (Lipinski definition) is 7. The van der Waals surface area contributed by atoms with Crippen LogP contribution < -0.4 is 11.2 Å². The maximum absolute atomic E-state index is 12.1. The summed E-state index contributed by atoms with van der Waals surface area (Å²) in [6.45, 7) is 2.37. The molecule has 1 saturated heterocycles. The van der Waals surface area contributed by atoms with Gasteiger partial charge < -0.3 is 34.5 Å². The van der Waals surface area contributed by atoms with E-state index in [1.807, 2.05) is 4.98 Å². The highest BCUT2D eigenvalue weighted by Gasteiger charge is 2.47. The predicted molar refractivity (Wildman–Crippen MR) is 101 cm³/mol. The zero-order chi connectivity index (χ0) is 24.5. The van der Waals surface area contributed by atoms with Gasteiger partial charge in [-0.2, -0.15) is 8.62 Å². The van der Waals surface area contributed by atoms with Gasteiger partial charge in [-0.05, 0) is 0 Å². The molecule has 0 saturated carbocycles. The van der Waals surface area contributed by atoms with E-state index < -0.39 is 65.7 Å². The summed E-state index contributed by atoms with van der Waals surface area (Å²) < 4.78 is 51.4. The minimum Gasteiger partial charge on any atom is -0.387 e. The minimum atomic E-state index is -5.75. The number of H-pyrrole nitrogens is 1. The molecule has 32 heavy (non-hydrogen) atoms. The first kappa shape index (κ1) is 27.0. The van der Waals surface area contributed by atoms with Crippen molar-refractivity contribution >= 4 is 23.5 Å². The van der Waals surface area contributed by atoms with Crippen LogP contribution >= 0.6 is 23.5 Å². The lowest BCUT2D eigenvalue weighted by atomic mass is 10.0. The number of aliphatic hydroxyl groups excluding tert-OH is 2. The van der Waals surface area contributed by atoms with Gasteiger partial charge in [0.25, 0.3) is 5.56 Å². The quantitative estimate of drug-likeness (QED) is 0.132. The van der Waals surface area contributed by atoms with Gasteiger partial charge in [0, 0.05) is 12.7 Å². The zero-order valence-corrected chi connectivity index (χ0v) is 18.4. The van der Waals surface area contributed by atoms with E-state index in [1.54, 1.807) is 0 Å². The Morgan fingerprint density at radius 3 is 2.28 bits per heavy atom. The third-order valence-corrected chi connectivity index (χ3v) is 7.65. The van der Waals surface area contributed by atoms with Gasteiger partial charge in [-0.3, -0.25) is 18.9 Å². The normalized spacial score (nSPS) is 27.6. The topological polar surface area (TPSA) is 264 Å². The van der Waals surface area contributed by atoms with Crippen molar-refractivity contribution in [2.24, 2.45) is 0 Å². The smallest absolute Gasteiger partial charge is 0.387 e. The highest BCUT2D eigenvalue weighted by Crippen LogP contribution is 2.66. The van der Waals surface area contributed by atoms with E-state index in [4.69, 9.17) is 19.4 Å². The second-order valence-corrected chi connectivity index (χ2v) is 10.7. The van der Waals surface area contributed by atoms with Crippen LogP contribution in [0, 0.1) is 0 Å². The summed E-state index contributed by atoms with van der Waals surface area (Å²) in [4.78, 5) is 61.3. The Morgan fingerprint density at radius 2 is 1.72 bits per heavy atom. The average Bonchev–Trinajstić information content (AvgIpc) is 2.87. The van der Waals surface area contributed by atoms with Crippen LogP contribution in [0.2, 0.25) is 0 Å². The van der Waals surface area contributed by atoms with Crippen LogP contribution in [0.25, 0.3) is 0 Å². The van der Waals surface area contributed by atoms with E-state index in [0.717, 1.165) is 10.8 Å². The summed E-state index contributed by atoms with van der Waals surface area (Å²) in [6.07, 6.45) is -4.27. The summed E-state index contributed by atoms with van der Waals surface area (Å²) in [5.74, 6) is 0. The Balaban J connectivity index is 2.14. The molecule has 182 valence electrons. The molecule has 20 heteroatoms. The van der Waals surface area contributed by atoms with Crippen LogP contribution in [0.5, 0.6) is 0 Å². The van der Waals surface area contributed by atoms with Crippen molar-refractivity contribution in [2.75, 3.05) is 6.61 Å². The second kappa shape index (κ2) is 9.91. The molecule has 17 nitrogen and oxygen atoms in total. The summed E-state index contributed by atoms with van der Waals surface area (Å²) in [5, 5.41) is 20.3. The minimum absolute atomic E-state index is 0.0105. The molecule has 1 aromatic rings. The van der Waals surface area contributed by atoms with Crippen molar-refractivity contribution in [2.45, 2.75) is 31.0 Å². The van der Waals surface area contributed by atoms with E-state index in [1.165, 1.54) is 6.08 Å². The third kappa shape index (κ3) is 7.10. The number of hydrogen-bond acceptors (Lipinski definition) is 11. The molecule has 1 fully saturated rings. The molecule has 0 radical (unpaired) electrons. The van der Waals surface area contributed by atoms with Crippen LogP contribution in [0.15, 0.2) is 28.4 Å². The lowest BCUT2D eigenvalue weighted by Gasteiger charge is -2.19. The molecule has 1 aliphatic rings. The van der Waals surface area contributed by atoms with E-state index in [0.29, 0.717) is 0 Å². The highest BCUT2D eigenvalue weighted by atomic mass is 31.3. The van der Waals surface area contributed by atoms with Crippen molar-refractivity contribution in [3.8, 4) is 0 Å². The van der Waals surface area contributed by atoms with Crippen molar-refractivity contribution in [3.05, 3.63) is 45.3 Å². The standard InChI is InChI=1S/C12H19N2O15P3/c1-2-3-14-4-6(11(17)13-12(14)18)10-9(16)8(15)7(27-10)5-26-31(22,23)29-32(24,25)28-30(19,20)21/h2,4,7-10,15-16H,1,3,5H2,(H,22,23)(H,24,25)(H,13,17,18)(H2,19,20,21)/t7-,8-,9-,10+/m1/s1. The van der Waals surface area contributed by atoms with Crippen molar-refractivity contribution < 1.29 is 61.4 Å². The number of rotatable bonds is 10. The first-order chi connectivity index (χ1) is 14.6. The Kier molecular flexibility index (Phi) is 8.35. The van der Waals surface area contributed by atoms with Gasteiger partial charge in [0.15, 0.2) is 0 Å². The fourth-order valence-corrected chi connectivity index (χ4v) is 5.65. The fraction of sp³-hybridized carbons (Fsp3) is 0.500. The molecule has 0 amide bonds. The third-order valence-electron chi connectivity index (χ3n) is 3.85. The molecule has 1 aliphatic heterocycles. The molecule has 0 bridgehead atoms.